The molecule has 0 amide bonds. The normalized spacial score (nSPS) is 14.8. The van der Waals surface area contributed by atoms with E-state index >= 15 is 0 Å². The molecule has 1 aliphatic carbocycles. The van der Waals surface area contributed by atoms with Crippen molar-refractivity contribution in [3.63, 3.8) is 0 Å². The lowest BCUT2D eigenvalue weighted by Crippen LogP contribution is -2.05. The van der Waals surface area contributed by atoms with Gasteiger partial charge in [0.15, 0.2) is 0 Å². The van der Waals surface area contributed by atoms with E-state index in [1.54, 1.807) is 27.8 Å². The number of nitrogen functional groups attached to an aromatic ring is 1. The van der Waals surface area contributed by atoms with Gasteiger partial charge in [-0.25, -0.2) is 14.6 Å². The van der Waals surface area contributed by atoms with Gasteiger partial charge in [0.1, 0.15) is 16.5 Å². The summed E-state index contributed by atoms with van der Waals surface area (Å²) in [5.74, 6) is 1.96. The van der Waals surface area contributed by atoms with Gasteiger partial charge in [-0.15, -0.1) is 16.4 Å². The van der Waals surface area contributed by atoms with E-state index in [1.165, 1.54) is 29.7 Å². The molecule has 25 heavy (non-hydrogen) atoms. The van der Waals surface area contributed by atoms with Gasteiger partial charge in [-0.05, 0) is 55.5 Å². The highest BCUT2D eigenvalue weighted by Crippen LogP contribution is 2.37. The molecule has 132 valence electrons. The van der Waals surface area contributed by atoms with Crippen LogP contribution < -0.4 is 5.73 Å². The first kappa shape index (κ1) is 16.7. The van der Waals surface area contributed by atoms with Crippen molar-refractivity contribution in [3.05, 3.63) is 16.3 Å². The van der Waals surface area contributed by atoms with Gasteiger partial charge in [0, 0.05) is 4.88 Å². The van der Waals surface area contributed by atoms with Crippen LogP contribution in [-0.2, 0) is 18.6 Å². The molecule has 7 nitrogen and oxygen atoms in total. The first-order chi connectivity index (χ1) is 12.1. The Morgan fingerprint density at radius 1 is 1.20 bits per heavy atom. The van der Waals surface area contributed by atoms with Crippen LogP contribution in [0.15, 0.2) is 5.16 Å². The molecule has 0 saturated heterocycles. The maximum atomic E-state index is 6.30. The predicted octanol–water partition coefficient (Wildman–Crippen LogP) is 3.40. The maximum Gasteiger partial charge on any atom is 0.209 e. The molecule has 0 unspecified atom stereocenters. The van der Waals surface area contributed by atoms with Crippen LogP contribution in [0.3, 0.4) is 0 Å². The summed E-state index contributed by atoms with van der Waals surface area (Å²) in [7, 11) is 0. The third kappa shape index (κ3) is 3.22. The number of hydrogen-bond donors (Lipinski definition) is 1. The van der Waals surface area contributed by atoms with Gasteiger partial charge in [0.25, 0.3) is 0 Å². The largest absolute Gasteiger partial charge is 0.383 e. The first-order valence-corrected chi connectivity index (χ1v) is 10.4. The molecule has 0 atom stereocenters. The summed E-state index contributed by atoms with van der Waals surface area (Å²) in [5.41, 5.74) is 7.69. The molecule has 4 rings (SSSR count). The monoisotopic (exact) mass is 375 g/mol. The van der Waals surface area contributed by atoms with Crippen LogP contribution >= 0.6 is 23.1 Å². The number of fused-ring (bicyclic) bond motifs is 3. The van der Waals surface area contributed by atoms with E-state index < -0.39 is 0 Å². The zero-order chi connectivity index (χ0) is 17.4. The minimum absolute atomic E-state index is 0.221. The Balaban J connectivity index is 1.62. The summed E-state index contributed by atoms with van der Waals surface area (Å²) >= 11 is 3.33. The molecule has 0 radical (unpaired) electrons. The number of aryl methyl sites for hydroxylation is 2. The third-order valence-corrected chi connectivity index (χ3v) is 6.54. The molecule has 9 heteroatoms. The van der Waals surface area contributed by atoms with Crippen LogP contribution in [0.25, 0.3) is 10.2 Å². The van der Waals surface area contributed by atoms with E-state index in [2.05, 4.69) is 34.4 Å². The molecule has 3 heterocycles. The number of anilines is 1. The Hall–Kier alpha value is -1.74. The number of thiophene rings is 1. The van der Waals surface area contributed by atoms with Crippen LogP contribution in [0.2, 0.25) is 0 Å². The highest BCUT2D eigenvalue weighted by Gasteiger charge is 2.19. The average molecular weight is 376 g/mol. The molecule has 0 saturated carbocycles. The molecular formula is C16H21N7S2. The number of thioether (sulfide) groups is 1. The smallest absolute Gasteiger partial charge is 0.209 e. The van der Waals surface area contributed by atoms with Gasteiger partial charge < -0.3 is 5.73 Å². The molecule has 0 aromatic carbocycles. The molecule has 0 spiro atoms. The highest BCUT2D eigenvalue weighted by atomic mass is 32.2. The molecular weight excluding hydrogens is 354 g/mol. The van der Waals surface area contributed by atoms with Gasteiger partial charge in [-0.2, -0.15) is 0 Å². The Kier molecular flexibility index (Phi) is 4.60. The Bertz CT molecular complexity index is 899. The summed E-state index contributed by atoms with van der Waals surface area (Å²) in [6, 6.07) is 0.221. The third-order valence-electron chi connectivity index (χ3n) is 4.42. The minimum atomic E-state index is 0.221. The van der Waals surface area contributed by atoms with E-state index in [-0.39, 0.29) is 6.04 Å². The van der Waals surface area contributed by atoms with Crippen molar-refractivity contribution in [2.75, 3.05) is 5.73 Å². The van der Waals surface area contributed by atoms with Gasteiger partial charge in [0.2, 0.25) is 5.16 Å². The molecule has 3 aromatic heterocycles. The number of aromatic nitrogens is 6. The molecule has 1 aliphatic rings. The predicted molar refractivity (Wildman–Crippen MR) is 101 cm³/mol. The SMILES string of the molecule is CC(C)n1nnnc1SCc1nc(N)c2c3c(sc2n1)CCCCC3. The summed E-state index contributed by atoms with van der Waals surface area (Å²) in [6.45, 7) is 4.11. The van der Waals surface area contributed by atoms with E-state index in [0.717, 1.165) is 34.0 Å². The topological polar surface area (TPSA) is 95.4 Å². The fraction of sp³-hybridized carbons (Fsp3) is 0.562. The number of nitrogens with zero attached hydrogens (tertiary/aromatic N) is 6. The van der Waals surface area contributed by atoms with Gasteiger partial charge >= 0.3 is 0 Å². The van der Waals surface area contributed by atoms with Gasteiger partial charge in [-0.1, -0.05) is 18.2 Å². The van der Waals surface area contributed by atoms with E-state index in [1.807, 2.05) is 0 Å². The Labute approximate surface area is 154 Å². The van der Waals surface area contributed by atoms with Crippen LogP contribution in [0.5, 0.6) is 0 Å². The molecule has 2 N–H and O–H groups in total. The summed E-state index contributed by atoms with van der Waals surface area (Å²) in [6.07, 6.45) is 6.02. The number of nitrogens with two attached hydrogens (primary N) is 1. The van der Waals surface area contributed by atoms with E-state index in [0.29, 0.717) is 11.6 Å². The van der Waals surface area contributed by atoms with E-state index in [9.17, 15) is 0 Å². The highest BCUT2D eigenvalue weighted by molar-refractivity contribution is 7.98. The number of rotatable bonds is 4. The second-order valence-electron chi connectivity index (χ2n) is 6.56. The lowest BCUT2D eigenvalue weighted by atomic mass is 10.1. The standard InChI is InChI=1S/C16H21N7S2/c1-9(2)23-16(20-21-22-23)24-8-12-18-14(17)13-10-6-4-3-5-7-11(10)25-15(13)19-12/h9H,3-8H2,1-2H3,(H2,17,18,19). The van der Waals surface area contributed by atoms with Crippen molar-refractivity contribution in [2.45, 2.75) is 62.9 Å². The Morgan fingerprint density at radius 2 is 2.04 bits per heavy atom. The lowest BCUT2D eigenvalue weighted by molar-refractivity contribution is 0.477. The molecule has 3 aromatic rings. The summed E-state index contributed by atoms with van der Waals surface area (Å²) < 4.78 is 1.81. The molecule has 0 fully saturated rings. The van der Waals surface area contributed by atoms with Gasteiger partial charge in [-0.3, -0.25) is 0 Å². The zero-order valence-corrected chi connectivity index (χ0v) is 16.0. The number of hydrogen-bond acceptors (Lipinski definition) is 8. The zero-order valence-electron chi connectivity index (χ0n) is 14.4. The van der Waals surface area contributed by atoms with Crippen LogP contribution in [-0.4, -0.2) is 30.2 Å². The fourth-order valence-corrected chi connectivity index (χ4v) is 5.36. The van der Waals surface area contributed by atoms with E-state index in [4.69, 9.17) is 10.7 Å². The van der Waals surface area contributed by atoms with Crippen LogP contribution in [0.1, 0.15) is 55.4 Å². The fourth-order valence-electron chi connectivity index (χ4n) is 3.21. The molecule has 0 bridgehead atoms. The second kappa shape index (κ2) is 6.87. The van der Waals surface area contributed by atoms with Gasteiger partial charge in [0.05, 0.1) is 17.2 Å². The quantitative estimate of drug-likeness (QED) is 0.551. The van der Waals surface area contributed by atoms with Crippen molar-refractivity contribution in [3.8, 4) is 0 Å². The van der Waals surface area contributed by atoms with Crippen molar-refractivity contribution >= 4 is 39.1 Å². The second-order valence-corrected chi connectivity index (χ2v) is 8.58. The summed E-state index contributed by atoms with van der Waals surface area (Å²) in [5, 5.41) is 13.7. The van der Waals surface area contributed by atoms with Crippen molar-refractivity contribution in [1.29, 1.82) is 0 Å². The van der Waals surface area contributed by atoms with Crippen molar-refractivity contribution in [2.24, 2.45) is 0 Å². The molecule has 0 aliphatic heterocycles. The summed E-state index contributed by atoms with van der Waals surface area (Å²) in [4.78, 5) is 11.8. The lowest BCUT2D eigenvalue weighted by Gasteiger charge is -2.07. The van der Waals surface area contributed by atoms with Crippen LogP contribution in [0.4, 0.5) is 5.82 Å². The Morgan fingerprint density at radius 3 is 2.88 bits per heavy atom. The van der Waals surface area contributed by atoms with Crippen LogP contribution in [0, 0.1) is 0 Å². The van der Waals surface area contributed by atoms with Crippen molar-refractivity contribution < 1.29 is 0 Å². The van der Waals surface area contributed by atoms with Crippen molar-refractivity contribution in [1.82, 2.24) is 30.2 Å². The maximum absolute atomic E-state index is 6.30. The number of tetrazole rings is 1. The average Bonchev–Trinajstić information content (AvgIpc) is 3.12. The minimum Gasteiger partial charge on any atom is -0.383 e. The first-order valence-electron chi connectivity index (χ1n) is 8.60.